The smallest absolute Gasteiger partial charge is 0.273 e. The van der Waals surface area contributed by atoms with Crippen LogP contribution in [0.2, 0.25) is 0 Å². The van der Waals surface area contributed by atoms with E-state index < -0.39 is 41.6 Å². The normalized spacial score (nSPS) is 22.4. The standard InChI is InChI=1S/C26H21F3N2O3/c1-15-11-12-20(16(2)13-15)30-24(32)21-22(17-7-6-8-18(14-17)26(27,28)29)31(34-23(21)25(30)33)19-9-4-3-5-10-19/h3-14,21-23H,1-2H3/t21-,22-,23-/m1/s1. The molecule has 2 aliphatic heterocycles. The molecule has 34 heavy (non-hydrogen) atoms. The summed E-state index contributed by atoms with van der Waals surface area (Å²) in [6.45, 7) is 3.71. The summed E-state index contributed by atoms with van der Waals surface area (Å²) in [7, 11) is 0. The second-order valence-electron chi connectivity index (χ2n) is 8.58. The minimum atomic E-state index is -4.55. The Kier molecular flexibility index (Phi) is 5.20. The molecule has 5 nitrogen and oxygen atoms in total. The van der Waals surface area contributed by atoms with Gasteiger partial charge in [0.05, 0.1) is 23.0 Å². The van der Waals surface area contributed by atoms with Gasteiger partial charge in [-0.3, -0.25) is 14.4 Å². The van der Waals surface area contributed by atoms with Gasteiger partial charge in [-0.15, -0.1) is 0 Å². The van der Waals surface area contributed by atoms with Gasteiger partial charge in [0.2, 0.25) is 5.91 Å². The Morgan fingerprint density at radius 1 is 0.853 bits per heavy atom. The van der Waals surface area contributed by atoms with E-state index in [2.05, 4.69) is 0 Å². The van der Waals surface area contributed by atoms with Crippen molar-refractivity contribution in [3.05, 3.63) is 95.1 Å². The minimum Gasteiger partial charge on any atom is -0.273 e. The predicted molar refractivity (Wildman–Crippen MR) is 120 cm³/mol. The van der Waals surface area contributed by atoms with Gasteiger partial charge in [0, 0.05) is 0 Å². The molecule has 2 aliphatic rings. The van der Waals surface area contributed by atoms with E-state index >= 15 is 0 Å². The van der Waals surface area contributed by atoms with Crippen molar-refractivity contribution >= 4 is 23.2 Å². The molecule has 2 fully saturated rings. The Bertz CT molecular complexity index is 1280. The lowest BCUT2D eigenvalue weighted by Gasteiger charge is -2.29. The van der Waals surface area contributed by atoms with E-state index in [4.69, 9.17) is 4.84 Å². The first-order valence-corrected chi connectivity index (χ1v) is 10.8. The van der Waals surface area contributed by atoms with Crippen LogP contribution >= 0.6 is 0 Å². The number of benzene rings is 3. The Balaban J connectivity index is 1.61. The Morgan fingerprint density at radius 2 is 1.59 bits per heavy atom. The monoisotopic (exact) mass is 466 g/mol. The number of anilines is 2. The molecule has 8 heteroatoms. The van der Waals surface area contributed by atoms with Crippen LogP contribution in [0.1, 0.15) is 28.3 Å². The first-order chi connectivity index (χ1) is 16.2. The average molecular weight is 466 g/mol. The lowest BCUT2D eigenvalue weighted by Crippen LogP contribution is -2.37. The van der Waals surface area contributed by atoms with Crippen molar-refractivity contribution < 1.29 is 27.6 Å². The van der Waals surface area contributed by atoms with Gasteiger partial charge in [-0.25, -0.2) is 9.96 Å². The molecule has 174 valence electrons. The third-order valence-corrected chi connectivity index (χ3v) is 6.27. The van der Waals surface area contributed by atoms with E-state index in [9.17, 15) is 22.8 Å². The van der Waals surface area contributed by atoms with Crippen molar-refractivity contribution in [1.82, 2.24) is 0 Å². The predicted octanol–water partition coefficient (Wildman–Crippen LogP) is 5.37. The molecule has 0 aliphatic carbocycles. The SMILES string of the molecule is Cc1ccc(N2C(=O)[C@@H]3[C@@H](c4cccc(C(F)(F)F)c4)N(c4ccccc4)O[C@H]3C2=O)c(C)c1. The zero-order chi connectivity index (χ0) is 24.2. The maximum Gasteiger partial charge on any atom is 0.416 e. The molecule has 0 radical (unpaired) electrons. The van der Waals surface area contributed by atoms with Crippen molar-refractivity contribution in [2.45, 2.75) is 32.2 Å². The van der Waals surface area contributed by atoms with Gasteiger partial charge in [0.1, 0.15) is 5.92 Å². The number of aryl methyl sites for hydroxylation is 2. The van der Waals surface area contributed by atoms with Gasteiger partial charge in [-0.2, -0.15) is 13.2 Å². The topological polar surface area (TPSA) is 49.9 Å². The van der Waals surface area contributed by atoms with E-state index in [0.717, 1.165) is 28.2 Å². The van der Waals surface area contributed by atoms with Gasteiger partial charge >= 0.3 is 6.18 Å². The first-order valence-electron chi connectivity index (χ1n) is 10.8. The number of halogens is 3. The Morgan fingerprint density at radius 3 is 2.26 bits per heavy atom. The van der Waals surface area contributed by atoms with Crippen LogP contribution in [0.15, 0.2) is 72.8 Å². The summed E-state index contributed by atoms with van der Waals surface area (Å²) >= 11 is 0. The molecule has 0 aromatic heterocycles. The fourth-order valence-corrected chi connectivity index (χ4v) is 4.74. The summed E-state index contributed by atoms with van der Waals surface area (Å²) in [6, 6.07) is 18.0. The minimum absolute atomic E-state index is 0.245. The zero-order valence-corrected chi connectivity index (χ0v) is 18.4. The van der Waals surface area contributed by atoms with Crippen LogP contribution in [-0.4, -0.2) is 17.9 Å². The van der Waals surface area contributed by atoms with Gasteiger partial charge in [0.15, 0.2) is 6.10 Å². The summed E-state index contributed by atoms with van der Waals surface area (Å²) in [4.78, 5) is 34.1. The molecular formula is C26H21F3N2O3. The van der Waals surface area contributed by atoms with Crippen molar-refractivity contribution in [2.75, 3.05) is 9.96 Å². The Labute approximate surface area is 194 Å². The van der Waals surface area contributed by atoms with Crippen molar-refractivity contribution in [1.29, 1.82) is 0 Å². The number of hydrogen-bond acceptors (Lipinski definition) is 4. The highest BCUT2D eigenvalue weighted by Gasteiger charge is 2.60. The molecule has 0 unspecified atom stereocenters. The second kappa shape index (κ2) is 7.99. The molecule has 3 aromatic carbocycles. The Hall–Kier alpha value is -3.65. The highest BCUT2D eigenvalue weighted by atomic mass is 19.4. The van der Waals surface area contributed by atoms with Crippen LogP contribution in [0.3, 0.4) is 0 Å². The number of nitrogens with zero attached hydrogens (tertiary/aromatic N) is 2. The molecule has 2 saturated heterocycles. The molecule has 3 aromatic rings. The number of imide groups is 1. The van der Waals surface area contributed by atoms with Crippen LogP contribution in [0, 0.1) is 19.8 Å². The maximum atomic E-state index is 13.7. The van der Waals surface area contributed by atoms with E-state index in [1.165, 1.54) is 17.2 Å². The van der Waals surface area contributed by atoms with Gasteiger partial charge < -0.3 is 0 Å². The third-order valence-electron chi connectivity index (χ3n) is 6.27. The van der Waals surface area contributed by atoms with Crippen molar-refractivity contribution in [3.8, 4) is 0 Å². The number of amides is 2. The lowest BCUT2D eigenvalue weighted by molar-refractivity contribution is -0.137. The number of alkyl halides is 3. The molecule has 0 N–H and O–H groups in total. The first kappa shape index (κ1) is 22.2. The summed E-state index contributed by atoms with van der Waals surface area (Å²) in [6.07, 6.45) is -5.69. The van der Waals surface area contributed by atoms with Crippen LogP contribution in [0.5, 0.6) is 0 Å². The highest BCUT2D eigenvalue weighted by molar-refractivity contribution is 6.24. The zero-order valence-electron chi connectivity index (χ0n) is 18.4. The molecule has 2 amide bonds. The van der Waals surface area contributed by atoms with Crippen molar-refractivity contribution in [3.63, 3.8) is 0 Å². The number of rotatable bonds is 3. The number of para-hydroxylation sites is 1. The second-order valence-corrected chi connectivity index (χ2v) is 8.58. The number of hydroxylamine groups is 1. The maximum absolute atomic E-state index is 13.7. The van der Waals surface area contributed by atoms with Crippen molar-refractivity contribution in [2.24, 2.45) is 5.92 Å². The number of fused-ring (bicyclic) bond motifs is 1. The van der Waals surface area contributed by atoms with Crippen LogP contribution in [0.4, 0.5) is 24.5 Å². The van der Waals surface area contributed by atoms with Gasteiger partial charge in [-0.05, 0) is 55.3 Å². The van der Waals surface area contributed by atoms with Crippen LogP contribution < -0.4 is 9.96 Å². The summed E-state index contributed by atoms with van der Waals surface area (Å²) < 4.78 is 40.4. The molecule has 0 spiro atoms. The largest absolute Gasteiger partial charge is 0.416 e. The van der Waals surface area contributed by atoms with Gasteiger partial charge in [-0.1, -0.05) is 48.0 Å². The summed E-state index contributed by atoms with van der Waals surface area (Å²) in [5.74, 6) is -2.03. The molecule has 0 saturated carbocycles. The summed E-state index contributed by atoms with van der Waals surface area (Å²) in [5, 5.41) is 1.39. The molecule has 2 heterocycles. The fraction of sp³-hybridized carbons (Fsp3) is 0.231. The fourth-order valence-electron chi connectivity index (χ4n) is 4.74. The number of hydrogen-bond donors (Lipinski definition) is 0. The molecular weight excluding hydrogens is 445 g/mol. The lowest BCUT2D eigenvalue weighted by atomic mass is 9.89. The van der Waals surface area contributed by atoms with Crippen LogP contribution in [0.25, 0.3) is 0 Å². The highest BCUT2D eigenvalue weighted by Crippen LogP contribution is 2.48. The number of carbonyl (C=O) groups is 2. The van der Waals surface area contributed by atoms with E-state index in [0.29, 0.717) is 11.4 Å². The quantitative estimate of drug-likeness (QED) is 0.487. The molecule has 0 bridgehead atoms. The molecule has 3 atom stereocenters. The molecule has 5 rings (SSSR count). The van der Waals surface area contributed by atoms with E-state index in [1.807, 2.05) is 13.0 Å². The van der Waals surface area contributed by atoms with Gasteiger partial charge in [0.25, 0.3) is 5.91 Å². The van der Waals surface area contributed by atoms with E-state index in [-0.39, 0.29) is 5.56 Å². The van der Waals surface area contributed by atoms with Crippen LogP contribution in [-0.2, 0) is 20.6 Å². The summed E-state index contributed by atoms with van der Waals surface area (Å²) in [5.41, 5.74) is 2.14. The number of carbonyl (C=O) groups excluding carboxylic acids is 2. The average Bonchev–Trinajstić information content (AvgIpc) is 3.31. The third kappa shape index (κ3) is 3.54. The van der Waals surface area contributed by atoms with E-state index in [1.54, 1.807) is 49.4 Å².